The van der Waals surface area contributed by atoms with Gasteiger partial charge in [0.25, 0.3) is 0 Å². The number of aryl methyl sites for hydroxylation is 1. The number of nitrogens with two attached hydrogens (primary N) is 1. The molecule has 0 unspecified atom stereocenters. The smallest absolute Gasteiger partial charge is 0.0808 e. The molecular weight excluding hydrogens is 238 g/mol. The summed E-state index contributed by atoms with van der Waals surface area (Å²) in [7, 11) is 0. The van der Waals surface area contributed by atoms with Gasteiger partial charge in [-0.3, -0.25) is 4.68 Å². The van der Waals surface area contributed by atoms with Gasteiger partial charge in [-0.05, 0) is 38.5 Å². The molecule has 1 aromatic heterocycles. The molecule has 0 spiro atoms. The van der Waals surface area contributed by atoms with Crippen LogP contribution in [0.4, 0.5) is 0 Å². The van der Waals surface area contributed by atoms with Crippen LogP contribution in [0.15, 0.2) is 12.4 Å². The minimum absolute atomic E-state index is 0.0972. The lowest BCUT2D eigenvalue weighted by molar-refractivity contribution is -0.0813. The van der Waals surface area contributed by atoms with Crippen LogP contribution in [0, 0.1) is 5.92 Å². The molecule has 0 amide bonds. The highest BCUT2D eigenvalue weighted by Gasteiger charge is 2.34. The molecule has 19 heavy (non-hydrogen) atoms. The van der Waals surface area contributed by atoms with E-state index in [9.17, 15) is 0 Å². The summed E-state index contributed by atoms with van der Waals surface area (Å²) in [6.45, 7) is 6.53. The fraction of sp³-hybridized carbons (Fsp3) is 0.800. The molecule has 0 atom stereocenters. The second-order valence-electron chi connectivity index (χ2n) is 5.73. The van der Waals surface area contributed by atoms with Gasteiger partial charge in [-0.1, -0.05) is 13.3 Å². The van der Waals surface area contributed by atoms with Gasteiger partial charge in [0.05, 0.1) is 18.4 Å². The van der Waals surface area contributed by atoms with Crippen molar-refractivity contribution in [3.63, 3.8) is 0 Å². The lowest BCUT2D eigenvalue weighted by Gasteiger charge is -2.39. The van der Waals surface area contributed by atoms with E-state index in [-0.39, 0.29) is 5.60 Å². The third-order valence-corrected chi connectivity index (χ3v) is 4.52. The number of hydrogen-bond donors (Lipinski definition) is 1. The zero-order chi connectivity index (χ0) is 13.7. The second kappa shape index (κ2) is 6.53. The van der Waals surface area contributed by atoms with Crippen LogP contribution in [0.3, 0.4) is 0 Å². The summed E-state index contributed by atoms with van der Waals surface area (Å²) in [6.07, 6.45) is 9.94. The summed E-state index contributed by atoms with van der Waals surface area (Å²) in [5, 5.41) is 4.28. The summed E-state index contributed by atoms with van der Waals surface area (Å²) in [6, 6.07) is 0. The van der Waals surface area contributed by atoms with Crippen LogP contribution in [0.5, 0.6) is 0 Å². The fourth-order valence-electron chi connectivity index (χ4n) is 2.91. The summed E-state index contributed by atoms with van der Waals surface area (Å²) in [5.41, 5.74) is 7.02. The van der Waals surface area contributed by atoms with Crippen LogP contribution in [0.2, 0.25) is 0 Å². The quantitative estimate of drug-likeness (QED) is 0.860. The minimum atomic E-state index is -0.0972. The van der Waals surface area contributed by atoms with Gasteiger partial charge < -0.3 is 10.5 Å². The van der Waals surface area contributed by atoms with E-state index in [0.717, 1.165) is 30.9 Å². The SMILES string of the molecule is CCC1CCC(CN)(OCc2cnn(CC)c2)CC1. The Kier molecular flexibility index (Phi) is 4.99. The van der Waals surface area contributed by atoms with Crippen molar-refractivity contribution in [2.45, 2.75) is 64.7 Å². The second-order valence-corrected chi connectivity index (χ2v) is 5.73. The Morgan fingerprint density at radius 2 is 2.16 bits per heavy atom. The summed E-state index contributed by atoms with van der Waals surface area (Å²) >= 11 is 0. The highest BCUT2D eigenvalue weighted by Crippen LogP contribution is 2.36. The Bertz CT molecular complexity index is 380. The normalized spacial score (nSPS) is 27.6. The maximum absolute atomic E-state index is 6.18. The molecule has 0 bridgehead atoms. The van der Waals surface area contributed by atoms with E-state index in [1.165, 1.54) is 19.3 Å². The lowest BCUT2D eigenvalue weighted by Crippen LogP contribution is -2.43. The largest absolute Gasteiger partial charge is 0.369 e. The van der Waals surface area contributed by atoms with Crippen LogP contribution in [-0.4, -0.2) is 21.9 Å². The molecule has 0 aromatic carbocycles. The van der Waals surface area contributed by atoms with Crippen molar-refractivity contribution in [2.75, 3.05) is 6.54 Å². The molecule has 0 radical (unpaired) electrons. The first kappa shape index (κ1) is 14.5. The van der Waals surface area contributed by atoms with Gasteiger partial charge in [0.15, 0.2) is 0 Å². The van der Waals surface area contributed by atoms with Gasteiger partial charge in [0, 0.05) is 24.8 Å². The van der Waals surface area contributed by atoms with Crippen LogP contribution in [-0.2, 0) is 17.9 Å². The summed E-state index contributed by atoms with van der Waals surface area (Å²) in [5.74, 6) is 0.867. The Labute approximate surface area is 116 Å². The number of nitrogens with zero attached hydrogens (tertiary/aromatic N) is 2. The first-order chi connectivity index (χ1) is 9.21. The Balaban J connectivity index is 1.88. The predicted octanol–water partition coefficient (Wildman–Crippen LogP) is 2.72. The van der Waals surface area contributed by atoms with E-state index >= 15 is 0 Å². The van der Waals surface area contributed by atoms with Gasteiger partial charge in [0.1, 0.15) is 0 Å². The maximum atomic E-state index is 6.18. The van der Waals surface area contributed by atoms with E-state index in [2.05, 4.69) is 25.1 Å². The van der Waals surface area contributed by atoms with Crippen LogP contribution in [0.25, 0.3) is 0 Å². The maximum Gasteiger partial charge on any atom is 0.0808 e. The fourth-order valence-corrected chi connectivity index (χ4v) is 2.91. The molecule has 1 saturated carbocycles. The third-order valence-electron chi connectivity index (χ3n) is 4.52. The van der Waals surface area contributed by atoms with Crippen molar-refractivity contribution in [1.82, 2.24) is 9.78 Å². The Morgan fingerprint density at radius 3 is 2.68 bits per heavy atom. The van der Waals surface area contributed by atoms with Crippen molar-refractivity contribution in [3.05, 3.63) is 18.0 Å². The molecule has 1 fully saturated rings. The van der Waals surface area contributed by atoms with Gasteiger partial charge >= 0.3 is 0 Å². The van der Waals surface area contributed by atoms with Gasteiger partial charge in [0.2, 0.25) is 0 Å². The molecule has 108 valence electrons. The van der Waals surface area contributed by atoms with Crippen molar-refractivity contribution in [1.29, 1.82) is 0 Å². The minimum Gasteiger partial charge on any atom is -0.369 e. The van der Waals surface area contributed by atoms with Gasteiger partial charge in [-0.2, -0.15) is 5.10 Å². The highest BCUT2D eigenvalue weighted by atomic mass is 16.5. The average Bonchev–Trinajstić information content (AvgIpc) is 2.94. The van der Waals surface area contributed by atoms with Gasteiger partial charge in [-0.25, -0.2) is 0 Å². The number of ether oxygens (including phenoxy) is 1. The van der Waals surface area contributed by atoms with Crippen molar-refractivity contribution < 1.29 is 4.74 Å². The molecule has 1 heterocycles. The van der Waals surface area contributed by atoms with E-state index in [1.807, 2.05) is 10.9 Å². The molecule has 2 N–H and O–H groups in total. The number of aromatic nitrogens is 2. The number of hydrogen-bond acceptors (Lipinski definition) is 3. The van der Waals surface area contributed by atoms with E-state index in [4.69, 9.17) is 10.5 Å². The summed E-state index contributed by atoms with van der Waals surface area (Å²) < 4.78 is 8.11. The first-order valence-corrected chi connectivity index (χ1v) is 7.56. The topological polar surface area (TPSA) is 53.1 Å². The molecule has 1 aliphatic carbocycles. The Hall–Kier alpha value is -0.870. The van der Waals surface area contributed by atoms with Crippen LogP contribution in [0.1, 0.15) is 51.5 Å². The first-order valence-electron chi connectivity index (χ1n) is 7.56. The lowest BCUT2D eigenvalue weighted by atomic mass is 9.77. The zero-order valence-electron chi connectivity index (χ0n) is 12.3. The van der Waals surface area contributed by atoms with E-state index in [0.29, 0.717) is 13.2 Å². The molecule has 2 rings (SSSR count). The Morgan fingerprint density at radius 1 is 1.42 bits per heavy atom. The van der Waals surface area contributed by atoms with Gasteiger partial charge in [-0.15, -0.1) is 0 Å². The van der Waals surface area contributed by atoms with Crippen LogP contribution < -0.4 is 5.73 Å². The molecule has 0 aliphatic heterocycles. The third kappa shape index (κ3) is 3.57. The molecular formula is C15H27N3O. The van der Waals surface area contributed by atoms with Crippen molar-refractivity contribution >= 4 is 0 Å². The zero-order valence-corrected chi connectivity index (χ0v) is 12.3. The van der Waals surface area contributed by atoms with E-state index < -0.39 is 0 Å². The van der Waals surface area contributed by atoms with Crippen molar-refractivity contribution in [2.24, 2.45) is 11.7 Å². The molecule has 0 saturated heterocycles. The standard InChI is InChI=1S/C15H27N3O/c1-3-13-5-7-15(12-16,8-6-13)19-11-14-9-17-18(4-2)10-14/h9-10,13H,3-8,11-12,16H2,1-2H3. The summed E-state index contributed by atoms with van der Waals surface area (Å²) in [4.78, 5) is 0. The average molecular weight is 265 g/mol. The van der Waals surface area contributed by atoms with Crippen molar-refractivity contribution in [3.8, 4) is 0 Å². The molecule has 4 nitrogen and oxygen atoms in total. The van der Waals surface area contributed by atoms with Crippen LogP contribution >= 0.6 is 0 Å². The highest BCUT2D eigenvalue weighted by molar-refractivity contribution is 5.02. The monoisotopic (exact) mass is 265 g/mol. The molecule has 4 heteroatoms. The predicted molar refractivity (Wildman–Crippen MR) is 76.7 cm³/mol. The molecule has 1 aliphatic rings. The van der Waals surface area contributed by atoms with E-state index in [1.54, 1.807) is 0 Å². The number of rotatable bonds is 6. The molecule has 1 aromatic rings.